The Bertz CT molecular complexity index is 886. The van der Waals surface area contributed by atoms with Gasteiger partial charge in [0.25, 0.3) is 0 Å². The fourth-order valence-electron chi connectivity index (χ4n) is 7.00. The van der Waals surface area contributed by atoms with Gasteiger partial charge >= 0.3 is 0 Å². The van der Waals surface area contributed by atoms with E-state index in [1.807, 2.05) is 12.1 Å². The highest BCUT2D eigenvalue weighted by Gasteiger charge is 2.30. The van der Waals surface area contributed by atoms with E-state index < -0.39 is 6.67 Å². The van der Waals surface area contributed by atoms with Crippen LogP contribution in [0, 0.1) is 29.5 Å². The first-order valence-electron chi connectivity index (χ1n) is 15.1. The molecule has 0 aromatic heterocycles. The highest BCUT2D eigenvalue weighted by Crippen LogP contribution is 2.43. The van der Waals surface area contributed by atoms with Crippen molar-refractivity contribution in [3.63, 3.8) is 0 Å². The number of rotatable bonds is 12. The zero-order valence-corrected chi connectivity index (χ0v) is 22.6. The lowest BCUT2D eigenvalue weighted by Gasteiger charge is -2.38. The molecule has 2 aliphatic carbocycles. The standard InChI is InChI=1S/C34H48F2/c1-2-3-4-6-26-10-16-29(17-11-26)30-18-12-27(13-19-30)8-9-28-14-20-31(21-15-28)33-23-22-32(7-5-24-35)34(36)25-33/h14-15,20-23,25-27,29-30H,2-13,16-19,24H2,1H3/t26-,27?,29-,30?. The molecular formula is C34H48F2. The average Bonchev–Trinajstić information content (AvgIpc) is 2.92. The molecule has 0 unspecified atom stereocenters. The molecule has 2 aromatic rings. The van der Waals surface area contributed by atoms with E-state index >= 15 is 0 Å². The first-order chi connectivity index (χ1) is 17.7. The Hall–Kier alpha value is -1.70. The second-order valence-electron chi connectivity index (χ2n) is 11.9. The highest BCUT2D eigenvalue weighted by atomic mass is 19.1. The summed E-state index contributed by atoms with van der Waals surface area (Å²) in [5, 5.41) is 0. The Labute approximate surface area is 219 Å². The summed E-state index contributed by atoms with van der Waals surface area (Å²) in [6, 6.07) is 14.1. The normalized spacial score (nSPS) is 24.6. The molecule has 2 aliphatic rings. The van der Waals surface area contributed by atoms with Gasteiger partial charge in [0.05, 0.1) is 6.67 Å². The lowest BCUT2D eigenvalue weighted by Crippen LogP contribution is -2.26. The summed E-state index contributed by atoms with van der Waals surface area (Å²) in [5.41, 5.74) is 3.95. The molecule has 0 bridgehead atoms. The Morgan fingerprint density at radius 3 is 1.86 bits per heavy atom. The van der Waals surface area contributed by atoms with Gasteiger partial charge in [0.15, 0.2) is 0 Å². The van der Waals surface area contributed by atoms with Gasteiger partial charge in [-0.05, 0) is 103 Å². The van der Waals surface area contributed by atoms with Gasteiger partial charge in [-0.2, -0.15) is 0 Å². The Morgan fingerprint density at radius 2 is 1.28 bits per heavy atom. The molecule has 0 aliphatic heterocycles. The predicted octanol–water partition coefficient (Wildman–Crippen LogP) is 10.5. The van der Waals surface area contributed by atoms with Gasteiger partial charge in [-0.1, -0.05) is 94.7 Å². The first-order valence-corrected chi connectivity index (χ1v) is 15.1. The predicted molar refractivity (Wildman–Crippen MR) is 149 cm³/mol. The lowest BCUT2D eigenvalue weighted by molar-refractivity contribution is 0.140. The van der Waals surface area contributed by atoms with Crippen LogP contribution in [0.2, 0.25) is 0 Å². The number of hydrogen-bond acceptors (Lipinski definition) is 0. The molecule has 2 heteroatoms. The van der Waals surface area contributed by atoms with Crippen LogP contribution in [0.1, 0.15) is 108 Å². The van der Waals surface area contributed by atoms with E-state index in [2.05, 4.69) is 31.2 Å². The monoisotopic (exact) mass is 494 g/mol. The van der Waals surface area contributed by atoms with E-state index in [4.69, 9.17) is 0 Å². The SMILES string of the molecule is CCCCC[C@H]1CC[C@H](C2CCC(CCc3ccc(-c4ccc(CCCF)c(F)c4)cc3)CC2)CC1. The maximum Gasteiger partial charge on any atom is 0.127 e. The third-order valence-electron chi connectivity index (χ3n) is 9.43. The van der Waals surface area contributed by atoms with E-state index in [-0.39, 0.29) is 5.82 Å². The third kappa shape index (κ3) is 7.90. The van der Waals surface area contributed by atoms with E-state index in [9.17, 15) is 8.78 Å². The van der Waals surface area contributed by atoms with Crippen molar-refractivity contribution in [1.29, 1.82) is 0 Å². The third-order valence-corrected chi connectivity index (χ3v) is 9.43. The molecule has 0 amide bonds. The van der Waals surface area contributed by atoms with Crippen molar-refractivity contribution in [2.75, 3.05) is 6.67 Å². The van der Waals surface area contributed by atoms with Crippen molar-refractivity contribution in [1.82, 2.24) is 0 Å². The maximum absolute atomic E-state index is 14.4. The number of halogens is 2. The van der Waals surface area contributed by atoms with Crippen molar-refractivity contribution in [3.05, 3.63) is 59.4 Å². The topological polar surface area (TPSA) is 0 Å². The smallest absolute Gasteiger partial charge is 0.127 e. The van der Waals surface area contributed by atoms with E-state index in [0.717, 1.165) is 41.2 Å². The van der Waals surface area contributed by atoms with Crippen molar-refractivity contribution in [2.45, 2.75) is 110 Å². The van der Waals surface area contributed by atoms with Gasteiger partial charge in [0, 0.05) is 0 Å². The fraction of sp³-hybridized carbons (Fsp3) is 0.647. The van der Waals surface area contributed by atoms with E-state index in [0.29, 0.717) is 18.4 Å². The van der Waals surface area contributed by atoms with Crippen molar-refractivity contribution in [3.8, 4) is 11.1 Å². The highest BCUT2D eigenvalue weighted by molar-refractivity contribution is 5.64. The summed E-state index contributed by atoms with van der Waals surface area (Å²) in [7, 11) is 0. The second-order valence-corrected chi connectivity index (χ2v) is 11.9. The minimum Gasteiger partial charge on any atom is -0.251 e. The van der Waals surface area contributed by atoms with Gasteiger partial charge in [-0.25, -0.2) is 4.39 Å². The summed E-state index contributed by atoms with van der Waals surface area (Å²) >= 11 is 0. The largest absolute Gasteiger partial charge is 0.251 e. The van der Waals surface area contributed by atoms with Crippen LogP contribution in [0.4, 0.5) is 8.78 Å². The van der Waals surface area contributed by atoms with Crippen molar-refractivity contribution >= 4 is 0 Å². The molecule has 0 atom stereocenters. The fourth-order valence-corrected chi connectivity index (χ4v) is 7.00. The van der Waals surface area contributed by atoms with Gasteiger partial charge in [0.2, 0.25) is 0 Å². The van der Waals surface area contributed by atoms with Crippen LogP contribution in [-0.4, -0.2) is 6.67 Å². The Kier molecular flexibility index (Phi) is 10.9. The van der Waals surface area contributed by atoms with Crippen LogP contribution in [0.25, 0.3) is 11.1 Å². The zero-order valence-electron chi connectivity index (χ0n) is 22.6. The molecule has 0 heterocycles. The Balaban J connectivity index is 1.17. The maximum atomic E-state index is 14.4. The van der Waals surface area contributed by atoms with Gasteiger partial charge < -0.3 is 0 Å². The van der Waals surface area contributed by atoms with E-state index in [1.54, 1.807) is 6.07 Å². The number of aryl methyl sites for hydroxylation is 2. The van der Waals surface area contributed by atoms with Crippen LogP contribution in [-0.2, 0) is 12.8 Å². The van der Waals surface area contributed by atoms with Crippen LogP contribution >= 0.6 is 0 Å². The van der Waals surface area contributed by atoms with Gasteiger partial charge in [-0.15, -0.1) is 0 Å². The summed E-state index contributed by atoms with van der Waals surface area (Å²) in [5.74, 6) is 3.71. The van der Waals surface area contributed by atoms with Crippen LogP contribution < -0.4 is 0 Å². The molecule has 198 valence electrons. The molecule has 0 nitrogen and oxygen atoms in total. The average molecular weight is 495 g/mol. The molecule has 36 heavy (non-hydrogen) atoms. The first kappa shape index (κ1) is 27.3. The molecule has 2 aromatic carbocycles. The lowest BCUT2D eigenvalue weighted by atomic mass is 9.68. The van der Waals surface area contributed by atoms with Gasteiger partial charge in [0.1, 0.15) is 5.82 Å². The molecule has 0 N–H and O–H groups in total. The summed E-state index contributed by atoms with van der Waals surface area (Å²) in [6.45, 7) is 1.91. The summed E-state index contributed by atoms with van der Waals surface area (Å²) in [4.78, 5) is 0. The van der Waals surface area contributed by atoms with Crippen molar-refractivity contribution < 1.29 is 8.78 Å². The van der Waals surface area contributed by atoms with Crippen LogP contribution in [0.15, 0.2) is 42.5 Å². The molecule has 2 saturated carbocycles. The quantitative estimate of drug-likeness (QED) is 0.257. The molecule has 0 radical (unpaired) electrons. The number of benzene rings is 2. The number of unbranched alkanes of at least 4 members (excludes halogenated alkanes) is 2. The summed E-state index contributed by atoms with van der Waals surface area (Å²) < 4.78 is 26.8. The molecule has 2 fully saturated rings. The number of alkyl halides is 1. The zero-order chi connectivity index (χ0) is 25.2. The van der Waals surface area contributed by atoms with Crippen molar-refractivity contribution in [2.24, 2.45) is 23.7 Å². The van der Waals surface area contributed by atoms with Gasteiger partial charge in [-0.3, -0.25) is 4.39 Å². The molecule has 0 saturated heterocycles. The minimum absolute atomic E-state index is 0.222. The van der Waals surface area contributed by atoms with Crippen LogP contribution in [0.5, 0.6) is 0 Å². The summed E-state index contributed by atoms with van der Waals surface area (Å²) in [6.07, 6.45) is 20.8. The minimum atomic E-state index is -0.399. The molecule has 4 rings (SSSR count). The second kappa shape index (κ2) is 14.3. The number of hydrogen-bond donors (Lipinski definition) is 0. The molecule has 0 spiro atoms. The van der Waals surface area contributed by atoms with E-state index in [1.165, 1.54) is 89.0 Å². The molecular weight excluding hydrogens is 446 g/mol. The Morgan fingerprint density at radius 1 is 0.667 bits per heavy atom. The van der Waals surface area contributed by atoms with Crippen LogP contribution in [0.3, 0.4) is 0 Å².